The highest BCUT2D eigenvalue weighted by atomic mass is 127. The lowest BCUT2D eigenvalue weighted by molar-refractivity contribution is -0.0516. The lowest BCUT2D eigenvalue weighted by atomic mass is 10.2. The van der Waals surface area contributed by atoms with Gasteiger partial charge >= 0.3 is 5.69 Å². The van der Waals surface area contributed by atoms with Gasteiger partial charge in [-0.25, -0.2) is 4.79 Å². The number of ether oxygens (including phenoxy) is 1. The average Bonchev–Trinajstić information content (AvgIpc) is 2.60. The van der Waals surface area contributed by atoms with Crippen molar-refractivity contribution >= 4 is 28.4 Å². The van der Waals surface area contributed by atoms with Gasteiger partial charge in [-0.1, -0.05) is 0 Å². The van der Waals surface area contributed by atoms with Crippen LogP contribution in [0.3, 0.4) is 0 Å². The van der Waals surface area contributed by atoms with Crippen LogP contribution in [0.4, 0.5) is 5.82 Å². The smallest absolute Gasteiger partial charge is 0.351 e. The lowest BCUT2D eigenvalue weighted by Gasteiger charge is -2.17. The van der Waals surface area contributed by atoms with Crippen molar-refractivity contribution in [1.29, 1.82) is 0 Å². The molecule has 4 atom stereocenters. The van der Waals surface area contributed by atoms with Crippen LogP contribution in [0.5, 0.6) is 0 Å². The molecule has 0 spiro atoms. The number of aromatic nitrogens is 2. The fraction of sp³-hybridized carbons (Fsp3) is 0.556. The van der Waals surface area contributed by atoms with Gasteiger partial charge in [-0.05, 0) is 28.7 Å². The molecule has 0 saturated carbocycles. The first kappa shape index (κ1) is 12.7. The number of aliphatic hydroxyl groups excluding tert-OH is 2. The molecule has 2 rings (SSSR count). The largest absolute Gasteiger partial charge is 0.390 e. The molecule has 7 nitrogen and oxygen atoms in total. The van der Waals surface area contributed by atoms with E-state index in [1.54, 1.807) is 22.6 Å². The Labute approximate surface area is 110 Å². The minimum absolute atomic E-state index is 0.135. The van der Waals surface area contributed by atoms with E-state index in [0.717, 1.165) is 0 Å². The fourth-order valence-corrected chi connectivity index (χ4v) is 2.39. The molecule has 0 aliphatic carbocycles. The van der Waals surface area contributed by atoms with Crippen molar-refractivity contribution in [2.24, 2.45) is 0 Å². The number of halogens is 1. The number of hydrogen-bond acceptors (Lipinski definition) is 6. The van der Waals surface area contributed by atoms with E-state index in [9.17, 15) is 15.0 Å². The molecule has 1 aliphatic rings. The molecule has 17 heavy (non-hydrogen) atoms. The summed E-state index contributed by atoms with van der Waals surface area (Å²) in [5, 5.41) is 19.1. The predicted octanol–water partition coefficient (Wildman–Crippen LogP) is -0.773. The quantitative estimate of drug-likeness (QED) is 0.476. The molecule has 0 bridgehead atoms. The third-order valence-corrected chi connectivity index (χ3v) is 3.28. The Morgan fingerprint density at radius 3 is 2.94 bits per heavy atom. The first-order valence-electron chi connectivity index (χ1n) is 4.99. The third kappa shape index (κ3) is 2.59. The van der Waals surface area contributed by atoms with E-state index in [1.165, 1.54) is 16.8 Å². The Kier molecular flexibility index (Phi) is 3.66. The molecule has 0 amide bonds. The van der Waals surface area contributed by atoms with Gasteiger partial charge in [0.05, 0.1) is 6.10 Å². The Bertz CT molecular complexity index is 464. The zero-order valence-corrected chi connectivity index (χ0v) is 10.9. The van der Waals surface area contributed by atoms with E-state index < -0.39 is 28.2 Å². The summed E-state index contributed by atoms with van der Waals surface area (Å²) in [6.07, 6.45) is -0.443. The number of hydrogen-bond donors (Lipinski definition) is 3. The normalized spacial score (nSPS) is 30.4. The van der Waals surface area contributed by atoms with Gasteiger partial charge in [-0.2, -0.15) is 4.98 Å². The van der Waals surface area contributed by atoms with Crippen molar-refractivity contribution in [3.63, 3.8) is 0 Å². The van der Waals surface area contributed by atoms with Crippen molar-refractivity contribution < 1.29 is 14.9 Å². The Balaban J connectivity index is 2.23. The van der Waals surface area contributed by atoms with Crippen LogP contribution in [-0.4, -0.2) is 36.1 Å². The number of nitrogens with two attached hydrogens (primary N) is 1. The summed E-state index contributed by atoms with van der Waals surface area (Å²) in [7, 11) is 0. The monoisotopic (exact) mass is 353 g/mol. The number of anilines is 1. The molecule has 1 aromatic rings. The zero-order valence-electron chi connectivity index (χ0n) is 8.73. The molecule has 8 heteroatoms. The summed E-state index contributed by atoms with van der Waals surface area (Å²) in [6, 6.07) is 1.48. The predicted molar refractivity (Wildman–Crippen MR) is 67.5 cm³/mol. The van der Waals surface area contributed by atoms with Crippen molar-refractivity contribution in [2.45, 2.75) is 29.0 Å². The summed E-state index contributed by atoms with van der Waals surface area (Å²) in [5.41, 5.74) is 4.84. The lowest BCUT2D eigenvalue weighted by Crippen LogP contribution is -2.30. The minimum atomic E-state index is -0.829. The van der Waals surface area contributed by atoms with Crippen LogP contribution in [0, 0.1) is 0 Å². The van der Waals surface area contributed by atoms with Crippen molar-refractivity contribution in [1.82, 2.24) is 9.55 Å². The second-order valence-corrected chi connectivity index (χ2v) is 5.05. The summed E-state index contributed by atoms with van der Waals surface area (Å²) < 4.78 is 5.84. The van der Waals surface area contributed by atoms with Crippen molar-refractivity contribution in [3.8, 4) is 0 Å². The van der Waals surface area contributed by atoms with Gasteiger partial charge in [0.1, 0.15) is 22.3 Å². The number of aliphatic hydroxyl groups is 2. The van der Waals surface area contributed by atoms with E-state index >= 15 is 0 Å². The Morgan fingerprint density at radius 2 is 2.41 bits per heavy atom. The maximum Gasteiger partial charge on any atom is 0.351 e. The number of nitrogens with zero attached hydrogens (tertiary/aromatic N) is 2. The first-order valence-corrected chi connectivity index (χ1v) is 6.24. The summed E-state index contributed by atoms with van der Waals surface area (Å²) in [6.45, 7) is 0. The fourth-order valence-electron chi connectivity index (χ4n) is 1.74. The van der Waals surface area contributed by atoms with Gasteiger partial charge in [0.25, 0.3) is 0 Å². The van der Waals surface area contributed by atoms with E-state index in [4.69, 9.17) is 10.5 Å². The Hall–Kier alpha value is -0.710. The number of alkyl halides is 1. The molecule has 1 unspecified atom stereocenters. The Morgan fingerprint density at radius 1 is 1.71 bits per heavy atom. The van der Waals surface area contributed by atoms with Crippen LogP contribution in [0.15, 0.2) is 17.1 Å². The van der Waals surface area contributed by atoms with E-state index in [2.05, 4.69) is 4.98 Å². The molecule has 4 N–H and O–H groups in total. The van der Waals surface area contributed by atoms with Crippen LogP contribution in [0.2, 0.25) is 0 Å². The summed E-state index contributed by atoms with van der Waals surface area (Å²) in [4.78, 5) is 15.1. The zero-order chi connectivity index (χ0) is 12.6. The SMILES string of the molecule is Nc1ccn([C@H]2C[C@H](O)[C@@H](C(O)I)O2)c(=O)n1. The van der Waals surface area contributed by atoms with E-state index in [-0.39, 0.29) is 12.2 Å². The van der Waals surface area contributed by atoms with Crippen LogP contribution in [-0.2, 0) is 4.74 Å². The van der Waals surface area contributed by atoms with Crippen LogP contribution >= 0.6 is 22.6 Å². The van der Waals surface area contributed by atoms with Gasteiger partial charge in [0.2, 0.25) is 0 Å². The average molecular weight is 353 g/mol. The van der Waals surface area contributed by atoms with E-state index in [0.29, 0.717) is 0 Å². The molecule has 2 heterocycles. The highest BCUT2D eigenvalue weighted by molar-refractivity contribution is 14.1. The van der Waals surface area contributed by atoms with Crippen molar-refractivity contribution in [2.75, 3.05) is 5.73 Å². The maximum absolute atomic E-state index is 11.6. The molecule has 0 radical (unpaired) electrons. The summed E-state index contributed by atoms with van der Waals surface area (Å²) in [5.74, 6) is 0.135. The second kappa shape index (κ2) is 4.88. The molecule has 94 valence electrons. The van der Waals surface area contributed by atoms with Gasteiger partial charge in [-0.15, -0.1) is 0 Å². The maximum atomic E-state index is 11.6. The van der Waals surface area contributed by atoms with Crippen LogP contribution < -0.4 is 11.4 Å². The molecule has 0 aromatic carbocycles. The van der Waals surface area contributed by atoms with Gasteiger partial charge < -0.3 is 20.7 Å². The topological polar surface area (TPSA) is 111 Å². The molecule has 1 aromatic heterocycles. The van der Waals surface area contributed by atoms with Crippen molar-refractivity contribution in [3.05, 3.63) is 22.7 Å². The van der Waals surface area contributed by atoms with Gasteiger partial charge in [-0.3, -0.25) is 4.57 Å². The highest BCUT2D eigenvalue weighted by Crippen LogP contribution is 2.31. The van der Waals surface area contributed by atoms with Gasteiger partial charge in [0.15, 0.2) is 0 Å². The number of rotatable bonds is 2. The third-order valence-electron chi connectivity index (χ3n) is 2.57. The molecule has 1 aliphatic heterocycles. The standard InChI is InChI=1S/C9H12IN3O4/c10-8(15)7-4(14)3-6(17-7)13-2-1-5(11)12-9(13)16/h1-2,4,6-8,14-15H,3H2,(H2,11,12,16)/t4-,6+,7-,8?/m0/s1. The molecule has 1 saturated heterocycles. The minimum Gasteiger partial charge on any atom is -0.390 e. The second-order valence-electron chi connectivity index (χ2n) is 3.77. The van der Waals surface area contributed by atoms with Crippen LogP contribution in [0.1, 0.15) is 12.6 Å². The highest BCUT2D eigenvalue weighted by Gasteiger charge is 2.38. The van der Waals surface area contributed by atoms with E-state index in [1.807, 2.05) is 0 Å². The number of nitrogen functional groups attached to an aromatic ring is 1. The molecule has 1 fully saturated rings. The first-order chi connectivity index (χ1) is 7.99. The van der Waals surface area contributed by atoms with Gasteiger partial charge in [0, 0.05) is 12.6 Å². The molecular formula is C9H12IN3O4. The summed E-state index contributed by atoms with van der Waals surface area (Å²) >= 11 is 1.75. The molecular weight excluding hydrogens is 341 g/mol. The van der Waals surface area contributed by atoms with Crippen LogP contribution in [0.25, 0.3) is 0 Å².